The summed E-state index contributed by atoms with van der Waals surface area (Å²) in [4.78, 5) is 9.58. The lowest BCUT2D eigenvalue weighted by Crippen LogP contribution is -2.51. The molecule has 0 N–H and O–H groups in total. The summed E-state index contributed by atoms with van der Waals surface area (Å²) in [6.07, 6.45) is 5.05. The second-order valence-corrected chi connectivity index (χ2v) is 6.31. The van der Waals surface area contributed by atoms with Crippen molar-refractivity contribution >= 4 is 0 Å². The van der Waals surface area contributed by atoms with Gasteiger partial charge in [-0.3, -0.25) is 4.90 Å². The number of aromatic nitrogens is 2. The first-order chi connectivity index (χ1) is 10.7. The fourth-order valence-electron chi connectivity index (χ4n) is 3.17. The summed E-state index contributed by atoms with van der Waals surface area (Å²) in [5, 5.41) is 0. The number of nitrogens with zero attached hydrogens (tertiary/aromatic N) is 4. The molecule has 1 unspecified atom stereocenters. The van der Waals surface area contributed by atoms with Crippen LogP contribution >= 0.6 is 0 Å². The topological polar surface area (TPSA) is 24.3 Å². The van der Waals surface area contributed by atoms with E-state index in [-0.39, 0.29) is 0 Å². The monoisotopic (exact) mass is 298 g/mol. The van der Waals surface area contributed by atoms with Crippen LogP contribution in [0, 0.1) is 0 Å². The minimum absolute atomic E-state index is 0.584. The maximum atomic E-state index is 4.45. The largest absolute Gasteiger partial charge is 0.337 e. The van der Waals surface area contributed by atoms with Gasteiger partial charge in [-0.15, -0.1) is 0 Å². The van der Waals surface area contributed by atoms with E-state index in [9.17, 15) is 0 Å². The van der Waals surface area contributed by atoms with Crippen molar-refractivity contribution < 1.29 is 0 Å². The molecule has 1 fully saturated rings. The summed E-state index contributed by atoms with van der Waals surface area (Å²) < 4.78 is 2.12. The molecule has 2 heterocycles. The van der Waals surface area contributed by atoms with E-state index in [0.717, 1.165) is 45.0 Å². The lowest BCUT2D eigenvalue weighted by atomic mass is 10.1. The van der Waals surface area contributed by atoms with E-state index < -0.39 is 0 Å². The number of hydrogen-bond donors (Lipinski definition) is 0. The zero-order valence-corrected chi connectivity index (χ0v) is 13.7. The third-order valence-corrected chi connectivity index (χ3v) is 4.67. The molecule has 0 aliphatic carbocycles. The lowest BCUT2D eigenvalue weighted by molar-refractivity contribution is 0.0758. The summed E-state index contributed by atoms with van der Waals surface area (Å²) in [5.74, 6) is 1.16. The molecular formula is C18H26N4. The maximum Gasteiger partial charge on any atom is 0.122 e. The van der Waals surface area contributed by atoms with Gasteiger partial charge in [-0.1, -0.05) is 30.3 Å². The van der Waals surface area contributed by atoms with E-state index in [0.29, 0.717) is 6.04 Å². The van der Waals surface area contributed by atoms with Gasteiger partial charge in [0, 0.05) is 51.7 Å². The summed E-state index contributed by atoms with van der Waals surface area (Å²) in [5.41, 5.74) is 1.44. The van der Waals surface area contributed by atoms with E-state index in [4.69, 9.17) is 0 Å². The van der Waals surface area contributed by atoms with Gasteiger partial charge in [0.2, 0.25) is 0 Å². The Morgan fingerprint density at radius 2 is 2.00 bits per heavy atom. The number of imidazole rings is 1. The van der Waals surface area contributed by atoms with E-state index in [1.54, 1.807) is 0 Å². The van der Waals surface area contributed by atoms with Crippen molar-refractivity contribution in [3.05, 3.63) is 54.1 Å². The van der Waals surface area contributed by atoms with E-state index in [1.165, 1.54) is 5.56 Å². The van der Waals surface area contributed by atoms with E-state index in [1.807, 2.05) is 12.4 Å². The van der Waals surface area contributed by atoms with Crippen molar-refractivity contribution in [1.82, 2.24) is 19.4 Å². The van der Waals surface area contributed by atoms with Crippen LogP contribution in [0.3, 0.4) is 0 Å². The Bertz CT molecular complexity index is 578. The summed E-state index contributed by atoms with van der Waals surface area (Å²) in [6.45, 7) is 7.88. The van der Waals surface area contributed by atoms with Gasteiger partial charge in [0.05, 0.1) is 6.54 Å². The molecule has 22 heavy (non-hydrogen) atoms. The fourth-order valence-corrected chi connectivity index (χ4v) is 3.17. The van der Waals surface area contributed by atoms with Crippen LogP contribution < -0.4 is 0 Å². The minimum atomic E-state index is 0.584. The minimum Gasteiger partial charge on any atom is -0.337 e. The highest BCUT2D eigenvalue weighted by Crippen LogP contribution is 2.13. The van der Waals surface area contributed by atoms with Gasteiger partial charge in [0.1, 0.15) is 5.82 Å². The molecule has 4 nitrogen and oxygen atoms in total. The van der Waals surface area contributed by atoms with Gasteiger partial charge in [0.25, 0.3) is 0 Å². The van der Waals surface area contributed by atoms with Gasteiger partial charge in [-0.05, 0) is 18.9 Å². The summed E-state index contributed by atoms with van der Waals surface area (Å²) >= 11 is 0. The molecule has 0 amide bonds. The highest BCUT2D eigenvalue weighted by atomic mass is 15.3. The Morgan fingerprint density at radius 1 is 1.18 bits per heavy atom. The summed E-state index contributed by atoms with van der Waals surface area (Å²) in [7, 11) is 2.07. The Hall–Kier alpha value is -1.65. The standard InChI is InChI=1S/C18H26N4/c1-16-14-21(10-8-17-6-4-3-5-7-17)12-13-22(16)15-18-19-9-11-20(18)2/h3-7,9,11,16H,8,10,12-15H2,1-2H3. The van der Waals surface area contributed by atoms with Gasteiger partial charge in [-0.25, -0.2) is 4.98 Å². The number of rotatable bonds is 5. The first-order valence-corrected chi connectivity index (χ1v) is 8.19. The van der Waals surface area contributed by atoms with Crippen LogP contribution in [-0.4, -0.2) is 51.6 Å². The molecule has 0 bridgehead atoms. The first kappa shape index (κ1) is 15.3. The summed E-state index contributed by atoms with van der Waals surface area (Å²) in [6, 6.07) is 11.4. The molecule has 118 valence electrons. The number of piperazine rings is 1. The Kier molecular flexibility index (Phi) is 4.90. The van der Waals surface area contributed by atoms with Crippen LogP contribution in [-0.2, 0) is 20.0 Å². The van der Waals surface area contributed by atoms with Gasteiger partial charge in [-0.2, -0.15) is 0 Å². The zero-order chi connectivity index (χ0) is 15.4. The molecule has 0 saturated carbocycles. The first-order valence-electron chi connectivity index (χ1n) is 8.19. The lowest BCUT2D eigenvalue weighted by Gasteiger charge is -2.39. The van der Waals surface area contributed by atoms with Crippen molar-refractivity contribution in [1.29, 1.82) is 0 Å². The molecule has 3 rings (SSSR count). The molecule has 1 saturated heterocycles. The molecule has 0 spiro atoms. The molecule has 2 aromatic rings. The number of aryl methyl sites for hydroxylation is 1. The van der Waals surface area contributed by atoms with Crippen LogP contribution in [0.25, 0.3) is 0 Å². The average Bonchev–Trinajstić information content (AvgIpc) is 2.94. The average molecular weight is 298 g/mol. The maximum absolute atomic E-state index is 4.45. The van der Waals surface area contributed by atoms with Gasteiger partial charge < -0.3 is 9.47 Å². The van der Waals surface area contributed by atoms with Crippen molar-refractivity contribution in [3.63, 3.8) is 0 Å². The van der Waals surface area contributed by atoms with Crippen LogP contribution in [0.5, 0.6) is 0 Å². The molecular weight excluding hydrogens is 272 g/mol. The quantitative estimate of drug-likeness (QED) is 0.845. The van der Waals surface area contributed by atoms with Crippen LogP contribution in [0.2, 0.25) is 0 Å². The third-order valence-electron chi connectivity index (χ3n) is 4.67. The van der Waals surface area contributed by atoms with E-state index in [2.05, 4.69) is 63.7 Å². The molecule has 1 aromatic carbocycles. The Morgan fingerprint density at radius 3 is 2.68 bits per heavy atom. The Balaban J connectivity index is 1.48. The fraction of sp³-hybridized carbons (Fsp3) is 0.500. The molecule has 1 aliphatic heterocycles. The zero-order valence-electron chi connectivity index (χ0n) is 13.7. The number of hydrogen-bond acceptors (Lipinski definition) is 3. The van der Waals surface area contributed by atoms with Crippen molar-refractivity contribution in [2.45, 2.75) is 25.9 Å². The molecule has 4 heteroatoms. The normalized spacial score (nSPS) is 20.4. The van der Waals surface area contributed by atoms with E-state index >= 15 is 0 Å². The predicted octanol–water partition coefficient (Wildman–Crippen LogP) is 2.17. The van der Waals surface area contributed by atoms with Crippen molar-refractivity contribution in [2.75, 3.05) is 26.2 Å². The molecule has 0 radical (unpaired) electrons. The SMILES string of the molecule is CC1CN(CCc2ccccc2)CCN1Cc1nccn1C. The van der Waals surface area contributed by atoms with Crippen LogP contribution in [0.15, 0.2) is 42.7 Å². The number of benzene rings is 1. The highest BCUT2D eigenvalue weighted by molar-refractivity contribution is 5.14. The third kappa shape index (κ3) is 3.76. The molecule has 1 aromatic heterocycles. The predicted molar refractivity (Wildman–Crippen MR) is 89.7 cm³/mol. The second kappa shape index (κ2) is 7.07. The highest BCUT2D eigenvalue weighted by Gasteiger charge is 2.24. The van der Waals surface area contributed by atoms with Crippen LogP contribution in [0.4, 0.5) is 0 Å². The Labute approximate surface area is 133 Å². The van der Waals surface area contributed by atoms with Gasteiger partial charge in [0.15, 0.2) is 0 Å². The van der Waals surface area contributed by atoms with Crippen molar-refractivity contribution in [2.24, 2.45) is 7.05 Å². The second-order valence-electron chi connectivity index (χ2n) is 6.31. The van der Waals surface area contributed by atoms with Crippen molar-refractivity contribution in [3.8, 4) is 0 Å². The molecule has 1 atom stereocenters. The smallest absolute Gasteiger partial charge is 0.122 e. The van der Waals surface area contributed by atoms with Crippen LogP contribution in [0.1, 0.15) is 18.3 Å². The van der Waals surface area contributed by atoms with Gasteiger partial charge >= 0.3 is 0 Å². The molecule has 1 aliphatic rings.